The summed E-state index contributed by atoms with van der Waals surface area (Å²) in [5.41, 5.74) is 2.44. The van der Waals surface area contributed by atoms with Gasteiger partial charge in [-0.15, -0.1) is 12.3 Å². The molecule has 0 saturated carbocycles. The van der Waals surface area contributed by atoms with E-state index in [4.69, 9.17) is 6.42 Å². The van der Waals surface area contributed by atoms with E-state index in [9.17, 15) is 0 Å². The summed E-state index contributed by atoms with van der Waals surface area (Å²) in [5.74, 6) is 2.60. The smallest absolute Gasteiger partial charge is 0.0666 e. The largest absolute Gasteiger partial charge is 0.312 e. The highest BCUT2D eigenvalue weighted by molar-refractivity contribution is 5.16. The van der Waals surface area contributed by atoms with Crippen molar-refractivity contribution in [3.8, 4) is 12.3 Å². The monoisotopic (exact) mass is 191 g/mol. The normalized spacial score (nSPS) is 10.1. The molecular formula is C11H17N3. The molecule has 1 heterocycles. The third kappa shape index (κ3) is 2.90. The number of nitrogens with one attached hydrogen (secondary N) is 1. The fourth-order valence-electron chi connectivity index (χ4n) is 1.41. The van der Waals surface area contributed by atoms with Crippen molar-refractivity contribution in [1.29, 1.82) is 0 Å². The van der Waals surface area contributed by atoms with Crippen molar-refractivity contribution in [2.75, 3.05) is 6.54 Å². The van der Waals surface area contributed by atoms with Crippen LogP contribution in [0, 0.1) is 12.3 Å². The molecule has 0 aliphatic heterocycles. The van der Waals surface area contributed by atoms with Gasteiger partial charge in [0.2, 0.25) is 0 Å². The van der Waals surface area contributed by atoms with Gasteiger partial charge in [-0.2, -0.15) is 5.10 Å². The summed E-state index contributed by atoms with van der Waals surface area (Å²) in [7, 11) is 1.95. The van der Waals surface area contributed by atoms with Crippen LogP contribution in [-0.4, -0.2) is 16.3 Å². The first-order valence-corrected chi connectivity index (χ1v) is 4.93. The second-order valence-corrected chi connectivity index (χ2v) is 3.26. The van der Waals surface area contributed by atoms with Crippen LogP contribution in [0.25, 0.3) is 0 Å². The summed E-state index contributed by atoms with van der Waals surface area (Å²) >= 11 is 0. The van der Waals surface area contributed by atoms with Gasteiger partial charge in [-0.25, -0.2) is 0 Å². The Hall–Kier alpha value is -1.27. The molecule has 0 amide bonds. The van der Waals surface area contributed by atoms with Gasteiger partial charge in [0.15, 0.2) is 0 Å². The molecule has 0 aliphatic carbocycles. The quantitative estimate of drug-likeness (QED) is 0.558. The Morgan fingerprint density at radius 3 is 3.07 bits per heavy atom. The van der Waals surface area contributed by atoms with Crippen LogP contribution in [0.5, 0.6) is 0 Å². The third-order valence-corrected chi connectivity index (χ3v) is 2.09. The fraction of sp³-hybridized carbons (Fsp3) is 0.545. The van der Waals surface area contributed by atoms with E-state index in [-0.39, 0.29) is 0 Å². The minimum atomic E-state index is 0.779. The molecule has 0 saturated heterocycles. The SMILES string of the molecule is C#CCCNCc1cn(C)nc1CC. The highest BCUT2D eigenvalue weighted by Gasteiger charge is 2.04. The van der Waals surface area contributed by atoms with E-state index in [1.165, 1.54) is 11.3 Å². The van der Waals surface area contributed by atoms with Crippen molar-refractivity contribution < 1.29 is 0 Å². The number of hydrogen-bond donors (Lipinski definition) is 1. The summed E-state index contributed by atoms with van der Waals surface area (Å²) < 4.78 is 1.86. The maximum Gasteiger partial charge on any atom is 0.0666 e. The molecule has 1 N–H and O–H groups in total. The fourth-order valence-corrected chi connectivity index (χ4v) is 1.41. The summed E-state index contributed by atoms with van der Waals surface area (Å²) in [4.78, 5) is 0. The summed E-state index contributed by atoms with van der Waals surface area (Å²) in [6.45, 7) is 3.85. The van der Waals surface area contributed by atoms with Crippen LogP contribution >= 0.6 is 0 Å². The molecule has 1 aromatic rings. The molecule has 14 heavy (non-hydrogen) atoms. The van der Waals surface area contributed by atoms with E-state index in [0.29, 0.717) is 0 Å². The minimum Gasteiger partial charge on any atom is -0.312 e. The average Bonchev–Trinajstić information content (AvgIpc) is 2.54. The lowest BCUT2D eigenvalue weighted by molar-refractivity contribution is 0.696. The Morgan fingerprint density at radius 1 is 1.64 bits per heavy atom. The maximum absolute atomic E-state index is 5.16. The van der Waals surface area contributed by atoms with Crippen LogP contribution in [-0.2, 0) is 20.0 Å². The topological polar surface area (TPSA) is 29.9 Å². The van der Waals surface area contributed by atoms with E-state index in [1.807, 2.05) is 11.7 Å². The van der Waals surface area contributed by atoms with Gasteiger partial charge in [-0.3, -0.25) is 4.68 Å². The lowest BCUT2D eigenvalue weighted by atomic mass is 10.2. The van der Waals surface area contributed by atoms with Crippen molar-refractivity contribution in [2.24, 2.45) is 7.05 Å². The third-order valence-electron chi connectivity index (χ3n) is 2.09. The molecule has 0 radical (unpaired) electrons. The molecule has 0 aromatic carbocycles. The molecule has 3 nitrogen and oxygen atoms in total. The lowest BCUT2D eigenvalue weighted by Gasteiger charge is -2.01. The van der Waals surface area contributed by atoms with Gasteiger partial charge in [0.05, 0.1) is 5.69 Å². The lowest BCUT2D eigenvalue weighted by Crippen LogP contribution is -2.14. The molecule has 0 bridgehead atoms. The molecular weight excluding hydrogens is 174 g/mol. The molecule has 1 aromatic heterocycles. The van der Waals surface area contributed by atoms with Crippen LogP contribution in [0.15, 0.2) is 6.20 Å². The molecule has 1 rings (SSSR count). The predicted octanol–water partition coefficient (Wildman–Crippen LogP) is 1.10. The molecule has 3 heteroatoms. The van der Waals surface area contributed by atoms with Crippen molar-refractivity contribution in [3.63, 3.8) is 0 Å². The Labute approximate surface area is 85.5 Å². The standard InChI is InChI=1S/C11H17N3/c1-4-6-7-12-8-10-9-14(3)13-11(10)5-2/h1,9,12H,5-8H2,2-3H3. The second-order valence-electron chi connectivity index (χ2n) is 3.26. The second kappa shape index (κ2) is 5.46. The number of nitrogens with zero attached hydrogens (tertiary/aromatic N) is 2. The van der Waals surface area contributed by atoms with Gasteiger partial charge in [0, 0.05) is 38.3 Å². The first-order chi connectivity index (χ1) is 6.77. The number of terminal acetylenes is 1. The first kappa shape index (κ1) is 10.8. The number of aromatic nitrogens is 2. The minimum absolute atomic E-state index is 0.779. The Morgan fingerprint density at radius 2 is 2.43 bits per heavy atom. The summed E-state index contributed by atoms with van der Waals surface area (Å²) in [6.07, 6.45) is 8.98. The molecule has 76 valence electrons. The zero-order chi connectivity index (χ0) is 10.4. The highest BCUT2D eigenvalue weighted by Crippen LogP contribution is 2.06. The zero-order valence-corrected chi connectivity index (χ0v) is 8.88. The van der Waals surface area contributed by atoms with E-state index in [0.717, 1.165) is 25.9 Å². The van der Waals surface area contributed by atoms with Gasteiger partial charge >= 0.3 is 0 Å². The van der Waals surface area contributed by atoms with Crippen molar-refractivity contribution in [1.82, 2.24) is 15.1 Å². The van der Waals surface area contributed by atoms with Crippen molar-refractivity contribution in [2.45, 2.75) is 26.3 Å². The zero-order valence-electron chi connectivity index (χ0n) is 8.88. The van der Waals surface area contributed by atoms with E-state index in [2.05, 4.69) is 29.5 Å². The molecule has 0 atom stereocenters. The average molecular weight is 191 g/mol. The predicted molar refractivity (Wildman–Crippen MR) is 57.7 cm³/mol. The highest BCUT2D eigenvalue weighted by atomic mass is 15.3. The van der Waals surface area contributed by atoms with E-state index >= 15 is 0 Å². The molecule has 0 fully saturated rings. The number of rotatable bonds is 5. The van der Waals surface area contributed by atoms with Crippen molar-refractivity contribution >= 4 is 0 Å². The van der Waals surface area contributed by atoms with Gasteiger partial charge in [-0.1, -0.05) is 6.92 Å². The van der Waals surface area contributed by atoms with Gasteiger partial charge in [-0.05, 0) is 6.42 Å². The van der Waals surface area contributed by atoms with Crippen LogP contribution in [0.1, 0.15) is 24.6 Å². The Bertz CT molecular complexity index is 320. The van der Waals surface area contributed by atoms with E-state index < -0.39 is 0 Å². The van der Waals surface area contributed by atoms with Crippen LogP contribution < -0.4 is 5.32 Å². The van der Waals surface area contributed by atoms with Crippen LogP contribution in [0.3, 0.4) is 0 Å². The van der Waals surface area contributed by atoms with Gasteiger partial charge < -0.3 is 5.32 Å². The maximum atomic E-state index is 5.16. The van der Waals surface area contributed by atoms with Gasteiger partial charge in [0.1, 0.15) is 0 Å². The Kier molecular flexibility index (Phi) is 4.21. The Balaban J connectivity index is 2.45. The number of hydrogen-bond acceptors (Lipinski definition) is 2. The molecule has 0 unspecified atom stereocenters. The first-order valence-electron chi connectivity index (χ1n) is 4.93. The number of aryl methyl sites for hydroxylation is 2. The molecule has 0 spiro atoms. The van der Waals surface area contributed by atoms with E-state index in [1.54, 1.807) is 0 Å². The van der Waals surface area contributed by atoms with Gasteiger partial charge in [0.25, 0.3) is 0 Å². The van der Waals surface area contributed by atoms with Crippen LogP contribution in [0.2, 0.25) is 0 Å². The van der Waals surface area contributed by atoms with Crippen LogP contribution in [0.4, 0.5) is 0 Å². The van der Waals surface area contributed by atoms with Crippen molar-refractivity contribution in [3.05, 3.63) is 17.5 Å². The molecule has 0 aliphatic rings. The summed E-state index contributed by atoms with van der Waals surface area (Å²) in [6, 6.07) is 0. The summed E-state index contributed by atoms with van der Waals surface area (Å²) in [5, 5.41) is 7.66.